The van der Waals surface area contributed by atoms with Crippen molar-refractivity contribution in [2.24, 2.45) is 11.6 Å². The Labute approximate surface area is 259 Å². The van der Waals surface area contributed by atoms with Crippen LogP contribution in [0.4, 0.5) is 21.6 Å². The number of hydrogen-bond acceptors (Lipinski definition) is 9. The maximum Gasteiger partial charge on any atom is 0.141 e. The van der Waals surface area contributed by atoms with Gasteiger partial charge in [-0.1, -0.05) is 35.3 Å². The zero-order valence-electron chi connectivity index (χ0n) is 23.4. The Morgan fingerprint density at radius 3 is 2.47 bits per heavy atom. The van der Waals surface area contributed by atoms with Crippen LogP contribution in [0.15, 0.2) is 78.9 Å². The maximum absolute atomic E-state index is 13.7. The summed E-state index contributed by atoms with van der Waals surface area (Å²) in [6.45, 7) is 3.60. The SMILES string of the molecule is N/C(=C\N(N)C1CCN(C2COC2)CC1)C(Nc1ccc2ncnc(Nc3ccc(F)c(Cl)c3)c2c1)c1ccc(Cl)cc1. The van der Waals surface area contributed by atoms with Crippen LogP contribution < -0.4 is 22.2 Å². The van der Waals surface area contributed by atoms with Crippen molar-refractivity contribution in [2.45, 2.75) is 31.0 Å². The highest BCUT2D eigenvalue weighted by atomic mass is 35.5. The molecule has 2 saturated heterocycles. The largest absolute Gasteiger partial charge is 0.399 e. The Bertz CT molecular complexity index is 1610. The molecule has 1 aromatic heterocycles. The lowest BCUT2D eigenvalue weighted by molar-refractivity contribution is -0.0748. The summed E-state index contributed by atoms with van der Waals surface area (Å²) in [5.41, 5.74) is 10.4. The van der Waals surface area contributed by atoms with E-state index in [1.807, 2.05) is 48.7 Å². The van der Waals surface area contributed by atoms with Gasteiger partial charge in [0, 0.05) is 47.1 Å². The average Bonchev–Trinajstić information content (AvgIpc) is 2.98. The van der Waals surface area contributed by atoms with Crippen LogP contribution in [0.1, 0.15) is 24.4 Å². The van der Waals surface area contributed by atoms with Gasteiger partial charge in [-0.05, 0) is 66.9 Å². The number of hydrazine groups is 1. The maximum atomic E-state index is 13.7. The summed E-state index contributed by atoms with van der Waals surface area (Å²) in [5.74, 6) is 6.63. The Morgan fingerprint density at radius 2 is 1.77 bits per heavy atom. The molecule has 12 heteroatoms. The lowest BCUT2D eigenvalue weighted by Gasteiger charge is -2.43. The summed E-state index contributed by atoms with van der Waals surface area (Å²) >= 11 is 12.2. The molecule has 3 heterocycles. The van der Waals surface area contributed by atoms with E-state index >= 15 is 0 Å². The standard InChI is InChI=1S/C31H33Cl2FN8O/c32-20-3-1-19(2-4-20)30(28(35)15-42(36)23-9-11-41(12-10-23)24-16-43-17-24)39-21-6-8-29-25(13-21)31(38-18-37-29)40-22-5-7-27(34)26(33)14-22/h1-8,13-15,18,23-24,30,39H,9-12,16-17,35-36H2,(H,37,38,40)/b28-15-. The Kier molecular flexibility index (Phi) is 8.83. The van der Waals surface area contributed by atoms with Crippen LogP contribution in [0.3, 0.4) is 0 Å². The number of hydrogen-bond donors (Lipinski definition) is 4. The minimum Gasteiger partial charge on any atom is -0.399 e. The molecule has 0 amide bonds. The van der Waals surface area contributed by atoms with Gasteiger partial charge < -0.3 is 26.1 Å². The van der Waals surface area contributed by atoms with Gasteiger partial charge in [0.2, 0.25) is 0 Å². The Balaban J connectivity index is 1.25. The summed E-state index contributed by atoms with van der Waals surface area (Å²) in [6.07, 6.45) is 5.21. The van der Waals surface area contributed by atoms with Crippen LogP contribution in [0.5, 0.6) is 0 Å². The number of likely N-dealkylation sites (tertiary alicyclic amines) is 1. The first-order valence-electron chi connectivity index (χ1n) is 14.1. The van der Waals surface area contributed by atoms with Crippen molar-refractivity contribution in [1.82, 2.24) is 19.9 Å². The van der Waals surface area contributed by atoms with Crippen LogP contribution in [-0.2, 0) is 4.74 Å². The molecule has 43 heavy (non-hydrogen) atoms. The third-order valence-electron chi connectivity index (χ3n) is 8.02. The second-order valence-electron chi connectivity index (χ2n) is 10.9. The molecular formula is C31H33Cl2FN8O. The summed E-state index contributed by atoms with van der Waals surface area (Å²) in [4.78, 5) is 11.3. The number of rotatable bonds is 9. The number of nitrogens with two attached hydrogens (primary N) is 2. The van der Waals surface area contributed by atoms with Gasteiger partial charge in [0.25, 0.3) is 0 Å². The molecule has 6 N–H and O–H groups in total. The van der Waals surface area contributed by atoms with Gasteiger partial charge in [-0.15, -0.1) is 0 Å². The molecule has 4 aromatic rings. The highest BCUT2D eigenvalue weighted by Crippen LogP contribution is 2.31. The Hall–Kier alpha value is -3.67. The molecule has 0 spiro atoms. The van der Waals surface area contributed by atoms with E-state index in [1.165, 1.54) is 18.5 Å². The van der Waals surface area contributed by atoms with E-state index < -0.39 is 11.9 Å². The number of anilines is 3. The molecule has 0 radical (unpaired) electrons. The van der Waals surface area contributed by atoms with Gasteiger partial charge in [-0.2, -0.15) is 0 Å². The molecule has 3 aromatic carbocycles. The first-order chi connectivity index (χ1) is 20.8. The number of fused-ring (bicyclic) bond motifs is 1. The summed E-state index contributed by atoms with van der Waals surface area (Å²) in [7, 11) is 0. The molecule has 2 aliphatic rings. The van der Waals surface area contributed by atoms with Crippen molar-refractivity contribution >= 4 is 51.3 Å². The zero-order chi connectivity index (χ0) is 29.9. The van der Waals surface area contributed by atoms with E-state index in [1.54, 1.807) is 11.1 Å². The normalized spacial score (nSPS) is 17.4. The predicted octanol–water partition coefficient (Wildman–Crippen LogP) is 5.81. The molecule has 1 unspecified atom stereocenters. The van der Waals surface area contributed by atoms with Gasteiger partial charge in [0.1, 0.15) is 18.0 Å². The van der Waals surface area contributed by atoms with Gasteiger partial charge in [-0.3, -0.25) is 4.90 Å². The summed E-state index contributed by atoms with van der Waals surface area (Å²) < 4.78 is 19.1. The third-order valence-corrected chi connectivity index (χ3v) is 8.56. The lowest BCUT2D eigenvalue weighted by Crippen LogP contribution is -2.54. The number of benzene rings is 3. The van der Waals surface area contributed by atoms with Crippen molar-refractivity contribution in [3.8, 4) is 0 Å². The van der Waals surface area contributed by atoms with Crippen molar-refractivity contribution < 1.29 is 9.13 Å². The molecule has 2 aliphatic heterocycles. The zero-order valence-corrected chi connectivity index (χ0v) is 24.9. The number of aromatic nitrogens is 2. The van der Waals surface area contributed by atoms with Crippen LogP contribution in [0, 0.1) is 5.82 Å². The van der Waals surface area contributed by atoms with Gasteiger partial charge >= 0.3 is 0 Å². The average molecular weight is 624 g/mol. The molecule has 0 bridgehead atoms. The van der Waals surface area contributed by atoms with E-state index in [9.17, 15) is 4.39 Å². The summed E-state index contributed by atoms with van der Waals surface area (Å²) in [6, 6.07) is 18.1. The molecule has 1 atom stereocenters. The van der Waals surface area contributed by atoms with Crippen molar-refractivity contribution in [2.75, 3.05) is 36.9 Å². The van der Waals surface area contributed by atoms with Gasteiger partial charge in [0.15, 0.2) is 0 Å². The highest BCUT2D eigenvalue weighted by molar-refractivity contribution is 6.31. The topological polar surface area (TPSA) is 118 Å². The van der Waals surface area contributed by atoms with Crippen molar-refractivity contribution in [3.63, 3.8) is 0 Å². The summed E-state index contributed by atoms with van der Waals surface area (Å²) in [5, 5.41) is 9.95. The fourth-order valence-electron chi connectivity index (χ4n) is 5.47. The minimum atomic E-state index is -0.490. The number of nitrogens with one attached hydrogen (secondary N) is 2. The minimum absolute atomic E-state index is 0.0197. The highest BCUT2D eigenvalue weighted by Gasteiger charge is 2.31. The van der Waals surface area contributed by atoms with Gasteiger partial charge in [-0.25, -0.2) is 20.2 Å². The van der Waals surface area contributed by atoms with E-state index in [0.29, 0.717) is 28.3 Å². The second-order valence-corrected chi connectivity index (χ2v) is 11.7. The van der Waals surface area contributed by atoms with Crippen molar-refractivity contribution in [1.29, 1.82) is 0 Å². The molecule has 0 aliphatic carbocycles. The van der Waals surface area contributed by atoms with E-state index in [-0.39, 0.29) is 11.1 Å². The molecular weight excluding hydrogens is 590 g/mol. The van der Waals surface area contributed by atoms with Crippen LogP contribution in [-0.4, -0.2) is 58.3 Å². The first kappa shape index (κ1) is 29.4. The number of halogens is 3. The molecule has 0 saturated carbocycles. The molecule has 224 valence electrons. The van der Waals surface area contributed by atoms with Crippen LogP contribution in [0.25, 0.3) is 10.9 Å². The number of nitrogens with zero attached hydrogens (tertiary/aromatic N) is 4. The van der Waals surface area contributed by atoms with Crippen LogP contribution in [0.2, 0.25) is 10.0 Å². The molecule has 9 nitrogen and oxygen atoms in total. The Morgan fingerprint density at radius 1 is 1.02 bits per heavy atom. The number of piperidine rings is 1. The van der Waals surface area contributed by atoms with Crippen molar-refractivity contribution in [3.05, 3.63) is 100 Å². The smallest absolute Gasteiger partial charge is 0.141 e. The van der Waals surface area contributed by atoms with E-state index in [2.05, 4.69) is 25.5 Å². The molecule has 6 rings (SSSR count). The third kappa shape index (κ3) is 6.79. The first-order valence-corrected chi connectivity index (χ1v) is 14.9. The quantitative estimate of drug-likeness (QED) is 0.135. The fraction of sp³-hybridized carbons (Fsp3) is 0.290. The van der Waals surface area contributed by atoms with E-state index in [4.69, 9.17) is 39.5 Å². The predicted molar refractivity (Wildman–Crippen MR) is 170 cm³/mol. The number of ether oxygens (including phenoxy) is 1. The monoisotopic (exact) mass is 622 g/mol. The fourth-order valence-corrected chi connectivity index (χ4v) is 5.78. The lowest BCUT2D eigenvalue weighted by atomic mass is 10.0. The van der Waals surface area contributed by atoms with Crippen LogP contribution >= 0.6 is 23.2 Å². The second kappa shape index (κ2) is 12.9. The van der Waals surface area contributed by atoms with E-state index in [0.717, 1.165) is 61.3 Å². The van der Waals surface area contributed by atoms with Gasteiger partial charge in [0.05, 0.1) is 41.5 Å². The molecule has 2 fully saturated rings.